The number of aryl methyl sites for hydroxylation is 1. The van der Waals surface area contributed by atoms with Crippen molar-refractivity contribution < 1.29 is 5.11 Å². The van der Waals surface area contributed by atoms with Crippen LogP contribution in [0.2, 0.25) is 0 Å². The fraction of sp³-hybridized carbons (Fsp3) is 0.217. The summed E-state index contributed by atoms with van der Waals surface area (Å²) in [6.45, 7) is 2.47. The third kappa shape index (κ3) is 4.27. The van der Waals surface area contributed by atoms with E-state index in [0.29, 0.717) is 12.1 Å². The lowest BCUT2D eigenvalue weighted by atomic mass is 9.98. The van der Waals surface area contributed by atoms with Gasteiger partial charge >= 0.3 is 0 Å². The van der Waals surface area contributed by atoms with Crippen molar-refractivity contribution in [2.24, 2.45) is 0 Å². The van der Waals surface area contributed by atoms with Gasteiger partial charge in [0.1, 0.15) is 5.75 Å². The maximum Gasteiger partial charge on any atom is 0.254 e. The van der Waals surface area contributed by atoms with Crippen molar-refractivity contribution in [1.82, 2.24) is 4.57 Å². The zero-order chi connectivity index (χ0) is 19.2. The van der Waals surface area contributed by atoms with Crippen molar-refractivity contribution in [3.63, 3.8) is 0 Å². The molecule has 1 aromatic heterocycles. The van der Waals surface area contributed by atoms with Crippen molar-refractivity contribution in [3.05, 3.63) is 87.8 Å². The first-order valence-corrected chi connectivity index (χ1v) is 9.13. The third-order valence-corrected chi connectivity index (χ3v) is 4.61. The van der Waals surface area contributed by atoms with E-state index in [0.717, 1.165) is 41.6 Å². The molecule has 3 aromatic rings. The van der Waals surface area contributed by atoms with E-state index in [1.54, 1.807) is 10.6 Å². The zero-order valence-corrected chi connectivity index (χ0v) is 15.4. The summed E-state index contributed by atoms with van der Waals surface area (Å²) in [5.41, 5.74) is 3.92. The summed E-state index contributed by atoms with van der Waals surface area (Å²) in [7, 11) is 0. The minimum atomic E-state index is -0.230. The normalized spacial score (nSPS) is 10.5. The Balaban J connectivity index is 1.98. The van der Waals surface area contributed by atoms with Gasteiger partial charge in [-0.2, -0.15) is 5.26 Å². The highest BCUT2D eigenvalue weighted by Crippen LogP contribution is 2.24. The molecule has 0 fully saturated rings. The molecule has 1 heterocycles. The average Bonchev–Trinajstić information content (AvgIpc) is 2.69. The summed E-state index contributed by atoms with van der Waals surface area (Å²) < 4.78 is 1.67. The molecule has 0 aliphatic carbocycles. The SMILES string of the molecule is CCCCc1cc(O)cc(=O)n1Cc1ccc(-c2ccccc2)c(C#N)c1. The molecule has 0 unspecified atom stereocenters. The summed E-state index contributed by atoms with van der Waals surface area (Å²) in [6.07, 6.45) is 2.68. The van der Waals surface area contributed by atoms with Crippen LogP contribution in [-0.2, 0) is 13.0 Å². The second-order valence-electron chi connectivity index (χ2n) is 6.59. The van der Waals surface area contributed by atoms with Gasteiger partial charge in [0.25, 0.3) is 5.56 Å². The monoisotopic (exact) mass is 358 g/mol. The number of aromatic hydroxyl groups is 1. The topological polar surface area (TPSA) is 66.0 Å². The van der Waals surface area contributed by atoms with E-state index < -0.39 is 0 Å². The molecular weight excluding hydrogens is 336 g/mol. The Kier molecular flexibility index (Phi) is 5.73. The van der Waals surface area contributed by atoms with Gasteiger partial charge in [0.2, 0.25) is 0 Å². The van der Waals surface area contributed by atoms with E-state index in [2.05, 4.69) is 13.0 Å². The maximum atomic E-state index is 12.4. The molecule has 4 nitrogen and oxygen atoms in total. The smallest absolute Gasteiger partial charge is 0.254 e. The molecule has 0 atom stereocenters. The number of nitrogens with zero attached hydrogens (tertiary/aromatic N) is 2. The van der Waals surface area contributed by atoms with Gasteiger partial charge in [-0.05, 0) is 41.7 Å². The Morgan fingerprint density at radius 3 is 2.56 bits per heavy atom. The highest BCUT2D eigenvalue weighted by molar-refractivity contribution is 5.70. The molecule has 0 aliphatic heterocycles. The number of hydrogen-bond donors (Lipinski definition) is 1. The largest absolute Gasteiger partial charge is 0.508 e. The van der Waals surface area contributed by atoms with Gasteiger partial charge in [-0.25, -0.2) is 0 Å². The van der Waals surface area contributed by atoms with E-state index in [1.165, 1.54) is 6.07 Å². The van der Waals surface area contributed by atoms with Crippen LogP contribution in [0.4, 0.5) is 0 Å². The van der Waals surface area contributed by atoms with E-state index in [4.69, 9.17) is 0 Å². The van der Waals surface area contributed by atoms with Crippen molar-refractivity contribution in [3.8, 4) is 22.9 Å². The second-order valence-corrected chi connectivity index (χ2v) is 6.59. The molecule has 0 saturated heterocycles. The molecule has 1 N–H and O–H groups in total. The molecule has 0 bridgehead atoms. The summed E-state index contributed by atoms with van der Waals surface area (Å²) in [4.78, 5) is 12.4. The summed E-state index contributed by atoms with van der Waals surface area (Å²) in [5.74, 6) is -0.000470. The van der Waals surface area contributed by atoms with Crippen LogP contribution < -0.4 is 5.56 Å². The summed E-state index contributed by atoms with van der Waals surface area (Å²) in [5, 5.41) is 19.4. The lowest BCUT2D eigenvalue weighted by molar-refractivity contribution is 0.468. The number of aromatic nitrogens is 1. The highest BCUT2D eigenvalue weighted by atomic mass is 16.3. The van der Waals surface area contributed by atoms with Crippen LogP contribution >= 0.6 is 0 Å². The second kappa shape index (κ2) is 8.37. The standard InChI is InChI=1S/C23H22N2O2/c1-2-3-9-20-13-21(26)14-23(27)25(20)16-17-10-11-22(19(12-17)15-24)18-7-5-4-6-8-18/h4-8,10-14,26H,2-3,9,16H2,1H3. The van der Waals surface area contributed by atoms with Crippen LogP contribution in [-0.4, -0.2) is 9.67 Å². The van der Waals surface area contributed by atoms with E-state index in [1.807, 2.05) is 48.5 Å². The van der Waals surface area contributed by atoms with Gasteiger partial charge < -0.3 is 9.67 Å². The quantitative estimate of drug-likeness (QED) is 0.706. The van der Waals surface area contributed by atoms with Crippen LogP contribution in [0.15, 0.2) is 65.5 Å². The first-order chi connectivity index (χ1) is 13.1. The Morgan fingerprint density at radius 2 is 1.85 bits per heavy atom. The Morgan fingerprint density at radius 1 is 1.07 bits per heavy atom. The predicted molar refractivity (Wildman–Crippen MR) is 107 cm³/mol. The highest BCUT2D eigenvalue weighted by Gasteiger charge is 2.10. The Bertz CT molecular complexity index is 1030. The van der Waals surface area contributed by atoms with Gasteiger partial charge in [0, 0.05) is 11.8 Å². The van der Waals surface area contributed by atoms with Crippen LogP contribution in [0, 0.1) is 11.3 Å². The molecule has 0 amide bonds. The minimum absolute atomic E-state index is 0.000470. The van der Waals surface area contributed by atoms with Gasteiger partial charge in [-0.3, -0.25) is 4.79 Å². The third-order valence-electron chi connectivity index (χ3n) is 4.61. The number of pyridine rings is 1. The Labute approximate surface area is 159 Å². The van der Waals surface area contributed by atoms with Crippen LogP contribution in [0.5, 0.6) is 5.75 Å². The minimum Gasteiger partial charge on any atom is -0.508 e. The predicted octanol–water partition coefficient (Wildman–Crippen LogP) is 4.48. The zero-order valence-electron chi connectivity index (χ0n) is 15.4. The summed E-state index contributed by atoms with van der Waals surface area (Å²) in [6, 6.07) is 20.7. The summed E-state index contributed by atoms with van der Waals surface area (Å²) >= 11 is 0. The number of rotatable bonds is 6. The molecule has 0 spiro atoms. The molecule has 4 heteroatoms. The lowest BCUT2D eigenvalue weighted by Gasteiger charge is -2.14. The molecule has 27 heavy (non-hydrogen) atoms. The number of unbranched alkanes of at least 4 members (excludes halogenated alkanes) is 1. The van der Waals surface area contributed by atoms with E-state index in [9.17, 15) is 15.2 Å². The van der Waals surface area contributed by atoms with Crippen molar-refractivity contribution >= 4 is 0 Å². The van der Waals surface area contributed by atoms with Gasteiger partial charge in [0.15, 0.2) is 0 Å². The number of benzene rings is 2. The Hall–Kier alpha value is -3.32. The van der Waals surface area contributed by atoms with Crippen LogP contribution in [0.1, 0.15) is 36.6 Å². The van der Waals surface area contributed by atoms with Gasteiger partial charge in [0.05, 0.1) is 18.2 Å². The molecule has 136 valence electrons. The van der Waals surface area contributed by atoms with Crippen LogP contribution in [0.25, 0.3) is 11.1 Å². The van der Waals surface area contributed by atoms with E-state index >= 15 is 0 Å². The van der Waals surface area contributed by atoms with Crippen molar-refractivity contribution in [2.45, 2.75) is 32.7 Å². The van der Waals surface area contributed by atoms with E-state index in [-0.39, 0.29) is 11.3 Å². The number of nitriles is 1. The molecule has 3 rings (SSSR count). The lowest BCUT2D eigenvalue weighted by Crippen LogP contribution is -2.23. The molecule has 2 aromatic carbocycles. The molecular formula is C23H22N2O2. The first kappa shape index (κ1) is 18.5. The van der Waals surface area contributed by atoms with Crippen molar-refractivity contribution in [2.75, 3.05) is 0 Å². The molecule has 0 radical (unpaired) electrons. The maximum absolute atomic E-state index is 12.4. The number of hydrogen-bond acceptors (Lipinski definition) is 3. The van der Waals surface area contributed by atoms with Gasteiger partial charge in [-0.1, -0.05) is 55.8 Å². The van der Waals surface area contributed by atoms with Crippen molar-refractivity contribution in [1.29, 1.82) is 5.26 Å². The van der Waals surface area contributed by atoms with Crippen LogP contribution in [0.3, 0.4) is 0 Å². The molecule has 0 saturated carbocycles. The first-order valence-electron chi connectivity index (χ1n) is 9.13. The fourth-order valence-corrected chi connectivity index (χ4v) is 3.22. The van der Waals surface area contributed by atoms with Gasteiger partial charge in [-0.15, -0.1) is 0 Å². The fourth-order valence-electron chi connectivity index (χ4n) is 3.22. The average molecular weight is 358 g/mol. The molecule has 0 aliphatic rings.